The number of methoxy groups -OCH3 is 1. The number of amides is 4. The molecule has 2 aromatic carbocycles. The molecule has 2 aromatic rings. The molecule has 2 heterocycles. The third-order valence-corrected chi connectivity index (χ3v) is 5.55. The number of nitrogens with zero attached hydrogens (tertiary/aromatic N) is 2. The van der Waals surface area contributed by atoms with Crippen molar-refractivity contribution in [2.75, 3.05) is 37.0 Å². The first-order valence-corrected chi connectivity index (χ1v) is 10.6. The van der Waals surface area contributed by atoms with Gasteiger partial charge in [0.25, 0.3) is 5.91 Å². The van der Waals surface area contributed by atoms with Gasteiger partial charge in [0.05, 0.1) is 7.11 Å². The zero-order valence-electron chi connectivity index (χ0n) is 18.2. The smallest absolute Gasteiger partial charge is 0.329 e. The summed E-state index contributed by atoms with van der Waals surface area (Å²) in [6.45, 7) is 3.56. The minimum atomic E-state index is -0.631. The number of benzene rings is 2. The van der Waals surface area contributed by atoms with Crippen molar-refractivity contribution in [1.29, 1.82) is 0 Å². The van der Waals surface area contributed by atoms with Gasteiger partial charge >= 0.3 is 6.03 Å². The topological polar surface area (TPSA) is 91.0 Å². The van der Waals surface area contributed by atoms with E-state index in [2.05, 4.69) is 15.5 Å². The molecule has 2 saturated heterocycles. The summed E-state index contributed by atoms with van der Waals surface area (Å²) in [6.07, 6.45) is 3.91. The molecule has 2 aliphatic heterocycles. The second kappa shape index (κ2) is 9.13. The number of carbonyl (C=O) groups excluding carboxylic acids is 3. The molecule has 0 aromatic heterocycles. The number of nitrogens with one attached hydrogen (secondary N) is 2. The minimum Gasteiger partial charge on any atom is -0.496 e. The summed E-state index contributed by atoms with van der Waals surface area (Å²) < 4.78 is 5.51. The van der Waals surface area contributed by atoms with Crippen molar-refractivity contribution in [3.63, 3.8) is 0 Å². The zero-order chi connectivity index (χ0) is 22.7. The van der Waals surface area contributed by atoms with E-state index in [9.17, 15) is 14.4 Å². The van der Waals surface area contributed by atoms with E-state index in [1.165, 1.54) is 12.8 Å². The molecule has 4 amide bonds. The molecule has 2 fully saturated rings. The van der Waals surface area contributed by atoms with Crippen LogP contribution in [-0.4, -0.2) is 49.5 Å². The van der Waals surface area contributed by atoms with Crippen molar-refractivity contribution >= 4 is 35.3 Å². The average molecular weight is 434 g/mol. The zero-order valence-corrected chi connectivity index (χ0v) is 18.2. The van der Waals surface area contributed by atoms with E-state index in [0.29, 0.717) is 17.0 Å². The van der Waals surface area contributed by atoms with Crippen LogP contribution in [0, 0.1) is 6.92 Å². The molecular weight excluding hydrogens is 408 g/mol. The fourth-order valence-electron chi connectivity index (χ4n) is 3.93. The molecule has 8 heteroatoms. The molecular formula is C24H26N4O4. The maximum atomic E-state index is 12.8. The molecule has 0 saturated carbocycles. The molecule has 2 N–H and O–H groups in total. The van der Waals surface area contributed by atoms with Gasteiger partial charge in [-0.15, -0.1) is 0 Å². The van der Waals surface area contributed by atoms with Gasteiger partial charge in [-0.1, -0.05) is 12.1 Å². The summed E-state index contributed by atoms with van der Waals surface area (Å²) in [6, 6.07) is 12.5. The highest BCUT2D eigenvalue weighted by Crippen LogP contribution is 2.30. The van der Waals surface area contributed by atoms with Crippen LogP contribution in [0.3, 0.4) is 0 Å². The van der Waals surface area contributed by atoms with Crippen LogP contribution in [0.4, 0.5) is 16.2 Å². The van der Waals surface area contributed by atoms with Crippen LogP contribution in [0.25, 0.3) is 6.08 Å². The van der Waals surface area contributed by atoms with Gasteiger partial charge in [-0.05, 0) is 55.7 Å². The lowest BCUT2D eigenvalue weighted by molar-refractivity contribution is -0.127. The van der Waals surface area contributed by atoms with Crippen molar-refractivity contribution in [3.8, 4) is 5.75 Å². The van der Waals surface area contributed by atoms with Crippen LogP contribution in [0.1, 0.15) is 24.0 Å². The molecule has 2 aliphatic rings. The van der Waals surface area contributed by atoms with E-state index in [1.54, 1.807) is 19.3 Å². The maximum absolute atomic E-state index is 12.8. The molecule has 0 bridgehead atoms. The highest BCUT2D eigenvalue weighted by molar-refractivity contribution is 6.16. The molecule has 0 radical (unpaired) electrons. The number of hydrogen-bond donors (Lipinski definition) is 2. The Hall–Kier alpha value is -3.81. The lowest BCUT2D eigenvalue weighted by atomic mass is 10.1. The first-order valence-electron chi connectivity index (χ1n) is 10.6. The Morgan fingerprint density at radius 1 is 1.16 bits per heavy atom. The van der Waals surface area contributed by atoms with Crippen molar-refractivity contribution in [2.24, 2.45) is 0 Å². The number of hydrogen-bond acceptors (Lipinski definition) is 5. The molecule has 0 atom stereocenters. The van der Waals surface area contributed by atoms with E-state index < -0.39 is 17.8 Å². The van der Waals surface area contributed by atoms with Crippen molar-refractivity contribution in [3.05, 3.63) is 59.3 Å². The highest BCUT2D eigenvalue weighted by atomic mass is 16.5. The number of imide groups is 1. The van der Waals surface area contributed by atoms with E-state index >= 15 is 0 Å². The Kier molecular flexibility index (Phi) is 6.11. The lowest BCUT2D eigenvalue weighted by Gasteiger charge is -2.19. The standard InChI is InChI=1S/C24H26N4O4/c1-16-6-5-7-18(12-16)25-22(29)15-28-23(30)20(26-24(28)31)13-17-8-9-19(14-21(17)32-2)27-10-3-4-11-27/h5-9,12-14H,3-4,10-11,15H2,1-2H3,(H,25,29)(H,26,31). The van der Waals surface area contributed by atoms with E-state index in [-0.39, 0.29) is 12.2 Å². The summed E-state index contributed by atoms with van der Waals surface area (Å²) in [5.74, 6) is -0.396. The van der Waals surface area contributed by atoms with E-state index in [4.69, 9.17) is 4.74 Å². The number of anilines is 2. The fourth-order valence-corrected chi connectivity index (χ4v) is 3.93. The first kappa shape index (κ1) is 21.4. The Morgan fingerprint density at radius 3 is 2.66 bits per heavy atom. The molecule has 0 aliphatic carbocycles. The summed E-state index contributed by atoms with van der Waals surface area (Å²) >= 11 is 0. The van der Waals surface area contributed by atoms with Crippen molar-refractivity contribution in [2.45, 2.75) is 19.8 Å². The fraction of sp³-hybridized carbons (Fsp3) is 0.292. The maximum Gasteiger partial charge on any atom is 0.329 e. The Bertz CT molecular complexity index is 1090. The summed E-state index contributed by atoms with van der Waals surface area (Å²) in [5, 5.41) is 5.26. The highest BCUT2D eigenvalue weighted by Gasteiger charge is 2.35. The van der Waals surface area contributed by atoms with Gasteiger partial charge in [0.2, 0.25) is 5.91 Å². The summed E-state index contributed by atoms with van der Waals surface area (Å²) in [5.41, 5.74) is 3.45. The van der Waals surface area contributed by atoms with Gasteiger partial charge < -0.3 is 20.3 Å². The number of aryl methyl sites for hydroxylation is 1. The Morgan fingerprint density at radius 2 is 1.94 bits per heavy atom. The minimum absolute atomic E-state index is 0.102. The van der Waals surface area contributed by atoms with Crippen LogP contribution in [0.15, 0.2) is 48.2 Å². The number of rotatable bonds is 6. The van der Waals surface area contributed by atoms with Crippen LogP contribution in [0.5, 0.6) is 5.75 Å². The third kappa shape index (κ3) is 4.59. The summed E-state index contributed by atoms with van der Waals surface area (Å²) in [4.78, 5) is 40.7. The average Bonchev–Trinajstić information content (AvgIpc) is 3.39. The quantitative estimate of drug-likeness (QED) is 0.539. The van der Waals surface area contributed by atoms with Gasteiger partial charge in [0.1, 0.15) is 18.0 Å². The van der Waals surface area contributed by atoms with Crippen LogP contribution in [0.2, 0.25) is 0 Å². The number of ether oxygens (including phenoxy) is 1. The molecule has 0 spiro atoms. The molecule has 32 heavy (non-hydrogen) atoms. The van der Waals surface area contributed by atoms with Gasteiger partial charge in [0.15, 0.2) is 0 Å². The normalized spacial score (nSPS) is 17.1. The van der Waals surface area contributed by atoms with E-state index in [0.717, 1.165) is 29.2 Å². The SMILES string of the molecule is COc1cc(N2CCCC2)ccc1C=C1NC(=O)N(CC(=O)Nc2cccc(C)c2)C1=O. The predicted molar refractivity (Wildman–Crippen MR) is 122 cm³/mol. The van der Waals surface area contributed by atoms with Crippen molar-refractivity contribution < 1.29 is 19.1 Å². The second-order valence-corrected chi connectivity index (χ2v) is 7.92. The van der Waals surface area contributed by atoms with Crippen LogP contribution >= 0.6 is 0 Å². The van der Waals surface area contributed by atoms with Gasteiger partial charge in [-0.2, -0.15) is 0 Å². The predicted octanol–water partition coefficient (Wildman–Crippen LogP) is 3.14. The second-order valence-electron chi connectivity index (χ2n) is 7.92. The van der Waals surface area contributed by atoms with Crippen molar-refractivity contribution in [1.82, 2.24) is 10.2 Å². The molecule has 166 valence electrons. The van der Waals surface area contributed by atoms with Crippen LogP contribution in [-0.2, 0) is 9.59 Å². The van der Waals surface area contributed by atoms with Crippen LogP contribution < -0.4 is 20.3 Å². The Labute approximate surface area is 186 Å². The van der Waals surface area contributed by atoms with E-state index in [1.807, 2.05) is 43.3 Å². The molecule has 8 nitrogen and oxygen atoms in total. The third-order valence-electron chi connectivity index (χ3n) is 5.55. The molecule has 0 unspecified atom stereocenters. The van der Waals surface area contributed by atoms with Gasteiger partial charge in [-0.25, -0.2) is 9.69 Å². The Balaban J connectivity index is 1.47. The van der Waals surface area contributed by atoms with Gasteiger partial charge in [-0.3, -0.25) is 9.59 Å². The summed E-state index contributed by atoms with van der Waals surface area (Å²) in [7, 11) is 1.57. The lowest BCUT2D eigenvalue weighted by Crippen LogP contribution is -2.38. The first-order chi connectivity index (χ1) is 15.4. The largest absolute Gasteiger partial charge is 0.496 e. The number of urea groups is 1. The monoisotopic (exact) mass is 434 g/mol. The van der Waals surface area contributed by atoms with Gasteiger partial charge in [0, 0.05) is 36.1 Å². The molecule has 4 rings (SSSR count). The number of carbonyl (C=O) groups is 3.